The minimum Gasteiger partial charge on any atom is -0.296 e. The predicted molar refractivity (Wildman–Crippen MR) is 81.4 cm³/mol. The number of aliphatic imine (C=N–C) groups is 1. The van der Waals surface area contributed by atoms with Crippen molar-refractivity contribution in [3.8, 4) is 5.69 Å². The summed E-state index contributed by atoms with van der Waals surface area (Å²) in [5.41, 5.74) is 4.40. The van der Waals surface area contributed by atoms with E-state index in [0.717, 1.165) is 34.8 Å². The maximum Gasteiger partial charge on any atom is 0.168 e. The van der Waals surface area contributed by atoms with Crippen LogP contribution in [0.15, 0.2) is 28.1 Å². The van der Waals surface area contributed by atoms with Gasteiger partial charge in [-0.25, -0.2) is 4.98 Å². The summed E-state index contributed by atoms with van der Waals surface area (Å²) in [7, 11) is 0. The average Bonchev–Trinajstić information content (AvgIpc) is 2.72. The summed E-state index contributed by atoms with van der Waals surface area (Å²) < 4.78 is 1.93. The van der Waals surface area contributed by atoms with Crippen molar-refractivity contribution in [2.75, 3.05) is 6.26 Å². The number of benzene rings is 1. The van der Waals surface area contributed by atoms with Gasteiger partial charge in [-0.1, -0.05) is 0 Å². The normalized spacial score (nSPS) is 13.2. The van der Waals surface area contributed by atoms with Gasteiger partial charge in [0.25, 0.3) is 0 Å². The zero-order valence-electron chi connectivity index (χ0n) is 11.7. The highest BCUT2D eigenvalue weighted by atomic mass is 32.2. The van der Waals surface area contributed by atoms with E-state index in [0.29, 0.717) is 12.2 Å². The first kappa shape index (κ1) is 13.1. The summed E-state index contributed by atoms with van der Waals surface area (Å²) in [5.74, 6) is 0.819. The molecule has 0 fully saturated rings. The van der Waals surface area contributed by atoms with Gasteiger partial charge >= 0.3 is 0 Å². The lowest BCUT2D eigenvalue weighted by molar-refractivity contribution is 0.111. The highest BCUT2D eigenvalue weighted by Gasteiger charge is 2.21. The quantitative estimate of drug-likeness (QED) is 0.629. The summed E-state index contributed by atoms with van der Waals surface area (Å²) >= 11 is 1.70. The minimum absolute atomic E-state index is 0.504. The smallest absolute Gasteiger partial charge is 0.168 e. The number of thioether (sulfide) groups is 1. The molecule has 1 aromatic heterocycles. The second kappa shape index (κ2) is 4.90. The van der Waals surface area contributed by atoms with E-state index >= 15 is 0 Å². The first-order valence-corrected chi connectivity index (χ1v) is 7.61. The largest absolute Gasteiger partial charge is 0.296 e. The Kier molecular flexibility index (Phi) is 3.22. The molecule has 3 rings (SSSR count). The van der Waals surface area contributed by atoms with Crippen molar-refractivity contribution in [3.63, 3.8) is 0 Å². The number of aromatic nitrogens is 2. The Morgan fingerprint density at radius 1 is 1.35 bits per heavy atom. The predicted octanol–water partition coefficient (Wildman–Crippen LogP) is 3.04. The highest BCUT2D eigenvalue weighted by molar-refractivity contribution is 7.98. The number of nitrogens with zero attached hydrogens (tertiary/aromatic N) is 3. The molecule has 0 unspecified atom stereocenters. The summed E-state index contributed by atoms with van der Waals surface area (Å²) in [4.78, 5) is 21.6. The molecule has 102 valence electrons. The van der Waals surface area contributed by atoms with Gasteiger partial charge in [0.05, 0.1) is 17.9 Å². The third-order valence-electron chi connectivity index (χ3n) is 3.57. The molecule has 5 heteroatoms. The molecule has 1 aromatic carbocycles. The lowest BCUT2D eigenvalue weighted by atomic mass is 10.1. The molecule has 2 heterocycles. The van der Waals surface area contributed by atoms with E-state index in [1.54, 1.807) is 11.8 Å². The van der Waals surface area contributed by atoms with Crippen molar-refractivity contribution in [1.82, 2.24) is 9.55 Å². The fourth-order valence-electron chi connectivity index (χ4n) is 2.52. The van der Waals surface area contributed by atoms with Gasteiger partial charge in [-0.2, -0.15) is 0 Å². The number of hydrogen-bond donors (Lipinski definition) is 0. The molecule has 1 aliphatic heterocycles. The van der Waals surface area contributed by atoms with Gasteiger partial charge in [0.15, 0.2) is 6.29 Å². The molecule has 1 aliphatic rings. The third-order valence-corrected chi connectivity index (χ3v) is 4.30. The zero-order chi connectivity index (χ0) is 14.3. The SMILES string of the molecule is CSc1ccc2c(c1)C(C)=NCc1nc(C)c(C=O)n1-2. The number of hydrogen-bond acceptors (Lipinski definition) is 4. The molecule has 20 heavy (non-hydrogen) atoms. The van der Waals surface area contributed by atoms with Gasteiger partial charge in [-0.05, 0) is 38.3 Å². The topological polar surface area (TPSA) is 47.2 Å². The van der Waals surface area contributed by atoms with E-state index in [1.807, 2.05) is 24.5 Å². The Labute approximate surface area is 121 Å². The number of carbonyl (C=O) groups excluding carboxylic acids is 1. The third kappa shape index (κ3) is 1.89. The number of aldehydes is 1. The van der Waals surface area contributed by atoms with Gasteiger partial charge in [-0.3, -0.25) is 14.4 Å². The Bertz CT molecular complexity index is 731. The van der Waals surface area contributed by atoms with Gasteiger partial charge in [-0.15, -0.1) is 11.8 Å². The standard InChI is InChI=1S/C15H15N3OS/c1-9-12-6-11(20-3)4-5-13(12)18-14(8-19)10(2)17-15(18)7-16-9/h4-6,8H,7H2,1-3H3. The zero-order valence-corrected chi connectivity index (χ0v) is 12.5. The van der Waals surface area contributed by atoms with Gasteiger partial charge < -0.3 is 0 Å². The van der Waals surface area contributed by atoms with Crippen LogP contribution in [0.1, 0.15) is 34.5 Å². The van der Waals surface area contributed by atoms with Crippen molar-refractivity contribution < 1.29 is 4.79 Å². The molecule has 4 nitrogen and oxygen atoms in total. The molecule has 0 aliphatic carbocycles. The molecular weight excluding hydrogens is 270 g/mol. The van der Waals surface area contributed by atoms with Crippen LogP contribution in [0, 0.1) is 6.92 Å². The molecule has 0 radical (unpaired) electrons. The summed E-state index contributed by atoms with van der Waals surface area (Å²) in [6, 6.07) is 6.23. The molecular formula is C15H15N3OS. The van der Waals surface area contributed by atoms with E-state index in [2.05, 4.69) is 28.4 Å². The second-order valence-electron chi connectivity index (χ2n) is 4.74. The molecule has 0 atom stereocenters. The van der Waals surface area contributed by atoms with Gasteiger partial charge in [0, 0.05) is 16.2 Å². The second-order valence-corrected chi connectivity index (χ2v) is 5.62. The number of imidazole rings is 1. The lowest BCUT2D eigenvalue weighted by Crippen LogP contribution is -2.07. The Balaban J connectivity index is 2.34. The van der Waals surface area contributed by atoms with Crippen molar-refractivity contribution >= 4 is 23.8 Å². The maximum atomic E-state index is 11.4. The van der Waals surface area contributed by atoms with Crippen molar-refractivity contribution in [3.05, 3.63) is 41.0 Å². The van der Waals surface area contributed by atoms with Gasteiger partial charge in [0.2, 0.25) is 0 Å². The van der Waals surface area contributed by atoms with Crippen molar-refractivity contribution in [2.45, 2.75) is 25.3 Å². The minimum atomic E-state index is 0.504. The summed E-state index contributed by atoms with van der Waals surface area (Å²) in [6.07, 6.45) is 2.92. The van der Waals surface area contributed by atoms with Crippen molar-refractivity contribution in [1.29, 1.82) is 0 Å². The van der Waals surface area contributed by atoms with E-state index in [9.17, 15) is 4.79 Å². The highest BCUT2D eigenvalue weighted by Crippen LogP contribution is 2.28. The first-order valence-electron chi connectivity index (χ1n) is 6.39. The van der Waals surface area contributed by atoms with E-state index in [1.165, 1.54) is 4.90 Å². The molecule has 0 saturated heterocycles. The molecule has 2 aromatic rings. The molecule has 0 N–H and O–H groups in total. The van der Waals surface area contributed by atoms with Crippen LogP contribution in [-0.4, -0.2) is 27.8 Å². The van der Waals surface area contributed by atoms with E-state index in [4.69, 9.17) is 0 Å². The van der Waals surface area contributed by atoms with Crippen LogP contribution in [0.25, 0.3) is 5.69 Å². The fourth-order valence-corrected chi connectivity index (χ4v) is 2.96. The van der Waals surface area contributed by atoms with E-state index < -0.39 is 0 Å². The number of fused-ring (bicyclic) bond motifs is 3. The number of rotatable bonds is 2. The number of carbonyl (C=O) groups is 1. The summed E-state index contributed by atoms with van der Waals surface area (Å²) in [5, 5.41) is 0. The van der Waals surface area contributed by atoms with Crippen LogP contribution >= 0.6 is 11.8 Å². The van der Waals surface area contributed by atoms with Crippen LogP contribution < -0.4 is 0 Å². The Morgan fingerprint density at radius 2 is 2.15 bits per heavy atom. The Hall–Kier alpha value is -1.88. The molecule has 0 bridgehead atoms. The van der Waals surface area contributed by atoms with Crippen molar-refractivity contribution in [2.24, 2.45) is 4.99 Å². The first-order chi connectivity index (χ1) is 9.65. The monoisotopic (exact) mass is 285 g/mol. The van der Waals surface area contributed by atoms with Crippen LogP contribution in [0.5, 0.6) is 0 Å². The molecule has 0 amide bonds. The fraction of sp³-hybridized carbons (Fsp3) is 0.267. The maximum absolute atomic E-state index is 11.4. The number of aryl methyl sites for hydroxylation is 1. The summed E-state index contributed by atoms with van der Waals surface area (Å²) in [6.45, 7) is 4.37. The average molecular weight is 285 g/mol. The van der Waals surface area contributed by atoms with Crippen LogP contribution in [0.2, 0.25) is 0 Å². The molecule has 0 saturated carbocycles. The van der Waals surface area contributed by atoms with Gasteiger partial charge in [0.1, 0.15) is 11.5 Å². The van der Waals surface area contributed by atoms with E-state index in [-0.39, 0.29) is 0 Å². The molecule has 0 spiro atoms. The van der Waals surface area contributed by atoms with Crippen LogP contribution in [-0.2, 0) is 6.54 Å². The van der Waals surface area contributed by atoms with Crippen LogP contribution in [0.4, 0.5) is 0 Å². The Morgan fingerprint density at radius 3 is 2.85 bits per heavy atom. The van der Waals surface area contributed by atoms with Crippen LogP contribution in [0.3, 0.4) is 0 Å². The lowest BCUT2D eigenvalue weighted by Gasteiger charge is -2.12.